The third-order valence-corrected chi connectivity index (χ3v) is 6.96. The summed E-state index contributed by atoms with van der Waals surface area (Å²) in [5.41, 5.74) is -2.52. The van der Waals surface area contributed by atoms with Crippen LogP contribution in [0.3, 0.4) is 0 Å². The predicted octanol–water partition coefficient (Wildman–Crippen LogP) is 5.57. The average molecular weight is 485 g/mol. The van der Waals surface area contributed by atoms with Crippen LogP contribution in [-0.2, 0) is 10.0 Å². The Hall–Kier alpha value is -3.84. The number of alkyl halides is 3. The van der Waals surface area contributed by atoms with Gasteiger partial charge in [0.2, 0.25) is 5.88 Å². The van der Waals surface area contributed by atoms with Crippen molar-refractivity contribution in [3.05, 3.63) is 71.4 Å². The second-order valence-electron chi connectivity index (χ2n) is 7.65. The smallest absolute Gasteiger partial charge is 0.481 e. The summed E-state index contributed by atoms with van der Waals surface area (Å²) in [6, 6.07) is 16.0. The molecule has 0 saturated carbocycles. The van der Waals surface area contributed by atoms with Gasteiger partial charge in [-0.3, -0.25) is 0 Å². The Morgan fingerprint density at radius 1 is 1.00 bits per heavy atom. The standard InChI is InChI=1S/C24H18F3N3O3S/c1-14-10-16(13-28)4-6-19(14)17-5-8-21-18(11-17)12-22(30(21)34(31,32)24(25,26)27)20-7-9-23(33-3)29-15(20)2/h4-12H,1-3H3. The largest absolute Gasteiger partial charge is 0.517 e. The molecule has 0 fully saturated rings. The minimum absolute atomic E-state index is 0.113. The second kappa shape index (κ2) is 8.18. The van der Waals surface area contributed by atoms with Crippen molar-refractivity contribution >= 4 is 20.9 Å². The van der Waals surface area contributed by atoms with Gasteiger partial charge >= 0.3 is 15.5 Å². The molecular weight excluding hydrogens is 467 g/mol. The number of nitrogens with zero attached hydrogens (tertiary/aromatic N) is 3. The number of aromatic nitrogens is 2. The first-order chi connectivity index (χ1) is 16.0. The molecule has 34 heavy (non-hydrogen) atoms. The summed E-state index contributed by atoms with van der Waals surface area (Å²) in [4.78, 5) is 4.18. The van der Waals surface area contributed by atoms with E-state index in [-0.39, 0.29) is 22.7 Å². The first-order valence-corrected chi connectivity index (χ1v) is 11.4. The lowest BCUT2D eigenvalue weighted by Gasteiger charge is -2.15. The van der Waals surface area contributed by atoms with Gasteiger partial charge in [-0.05, 0) is 66.9 Å². The normalized spacial score (nSPS) is 12.0. The molecule has 0 bridgehead atoms. The molecule has 0 saturated heterocycles. The highest BCUT2D eigenvalue weighted by Gasteiger charge is 2.49. The molecule has 0 atom stereocenters. The topological polar surface area (TPSA) is 85.0 Å². The monoisotopic (exact) mass is 485 g/mol. The third-order valence-electron chi connectivity index (χ3n) is 5.50. The summed E-state index contributed by atoms with van der Waals surface area (Å²) in [7, 11) is -4.34. The Morgan fingerprint density at radius 3 is 2.29 bits per heavy atom. The molecule has 0 aliphatic heterocycles. The van der Waals surface area contributed by atoms with Crippen LogP contribution in [-0.4, -0.2) is 30.0 Å². The molecule has 10 heteroatoms. The first kappa shape index (κ1) is 23.3. The van der Waals surface area contributed by atoms with Crippen molar-refractivity contribution in [1.82, 2.24) is 8.96 Å². The van der Waals surface area contributed by atoms with E-state index in [0.29, 0.717) is 26.2 Å². The lowest BCUT2D eigenvalue weighted by atomic mass is 9.98. The van der Waals surface area contributed by atoms with Crippen molar-refractivity contribution in [2.24, 2.45) is 0 Å². The van der Waals surface area contributed by atoms with Crippen LogP contribution in [0.1, 0.15) is 16.8 Å². The van der Waals surface area contributed by atoms with Gasteiger partial charge in [0.05, 0.1) is 35.6 Å². The van der Waals surface area contributed by atoms with Crippen LogP contribution < -0.4 is 4.74 Å². The van der Waals surface area contributed by atoms with Gasteiger partial charge < -0.3 is 4.74 Å². The highest BCUT2D eigenvalue weighted by atomic mass is 32.2. The van der Waals surface area contributed by atoms with Crippen LogP contribution in [0.5, 0.6) is 5.88 Å². The summed E-state index contributed by atoms with van der Waals surface area (Å²) >= 11 is 0. The molecule has 0 N–H and O–H groups in total. The van der Waals surface area contributed by atoms with E-state index in [0.717, 1.165) is 11.1 Å². The molecule has 4 rings (SSSR count). The van der Waals surface area contributed by atoms with Gasteiger partial charge in [-0.1, -0.05) is 12.1 Å². The van der Waals surface area contributed by atoms with Crippen molar-refractivity contribution in [2.45, 2.75) is 19.4 Å². The fraction of sp³-hybridized carbons (Fsp3) is 0.167. The lowest BCUT2D eigenvalue weighted by molar-refractivity contribution is -0.0444. The quantitative estimate of drug-likeness (QED) is 0.378. The fourth-order valence-corrected chi connectivity index (χ4v) is 4.93. The predicted molar refractivity (Wildman–Crippen MR) is 122 cm³/mol. The van der Waals surface area contributed by atoms with E-state index >= 15 is 0 Å². The van der Waals surface area contributed by atoms with Crippen LogP contribution in [0.25, 0.3) is 33.3 Å². The highest BCUT2D eigenvalue weighted by Crippen LogP contribution is 2.38. The van der Waals surface area contributed by atoms with Gasteiger partial charge in [-0.25, -0.2) is 8.96 Å². The van der Waals surface area contributed by atoms with Crippen molar-refractivity contribution in [3.63, 3.8) is 0 Å². The summed E-state index contributed by atoms with van der Waals surface area (Å²) in [6.07, 6.45) is 0. The average Bonchev–Trinajstić information content (AvgIpc) is 3.17. The molecule has 0 aliphatic rings. The Balaban J connectivity index is 2.01. The van der Waals surface area contributed by atoms with Gasteiger partial charge in [0.1, 0.15) is 0 Å². The third kappa shape index (κ3) is 3.78. The number of benzene rings is 2. The molecule has 2 aromatic carbocycles. The zero-order chi connectivity index (χ0) is 24.8. The van der Waals surface area contributed by atoms with E-state index in [4.69, 9.17) is 10.00 Å². The van der Waals surface area contributed by atoms with Crippen LogP contribution in [0.4, 0.5) is 13.2 Å². The first-order valence-electron chi connectivity index (χ1n) is 9.98. The van der Waals surface area contributed by atoms with Crippen LogP contribution >= 0.6 is 0 Å². The minimum Gasteiger partial charge on any atom is -0.481 e. The van der Waals surface area contributed by atoms with Crippen molar-refractivity contribution < 1.29 is 26.3 Å². The minimum atomic E-state index is -5.74. The summed E-state index contributed by atoms with van der Waals surface area (Å²) in [5.74, 6) is 0.251. The highest BCUT2D eigenvalue weighted by molar-refractivity contribution is 7.91. The summed E-state index contributed by atoms with van der Waals surface area (Å²) < 4.78 is 71.5. The number of hydrogen-bond donors (Lipinski definition) is 0. The zero-order valence-corrected chi connectivity index (χ0v) is 19.1. The number of nitriles is 1. The van der Waals surface area contributed by atoms with E-state index < -0.39 is 15.5 Å². The molecule has 2 aromatic heterocycles. The van der Waals surface area contributed by atoms with Gasteiger partial charge in [-0.15, -0.1) is 0 Å². The number of ether oxygens (including phenoxy) is 1. The molecule has 4 aromatic rings. The molecule has 2 heterocycles. The van der Waals surface area contributed by atoms with E-state index in [2.05, 4.69) is 11.1 Å². The van der Waals surface area contributed by atoms with E-state index in [1.165, 1.54) is 31.4 Å². The van der Waals surface area contributed by atoms with Gasteiger partial charge in [0.25, 0.3) is 0 Å². The van der Waals surface area contributed by atoms with Crippen molar-refractivity contribution in [1.29, 1.82) is 5.26 Å². The van der Waals surface area contributed by atoms with Crippen LogP contribution in [0.2, 0.25) is 0 Å². The van der Waals surface area contributed by atoms with Gasteiger partial charge in [0.15, 0.2) is 0 Å². The maximum atomic E-state index is 13.6. The Labute approximate surface area is 193 Å². The second-order valence-corrected chi connectivity index (χ2v) is 9.42. The number of hydrogen-bond acceptors (Lipinski definition) is 5. The van der Waals surface area contributed by atoms with E-state index in [9.17, 15) is 21.6 Å². The molecule has 0 aliphatic carbocycles. The number of aryl methyl sites for hydroxylation is 2. The Morgan fingerprint density at radius 2 is 1.71 bits per heavy atom. The van der Waals surface area contributed by atoms with Gasteiger partial charge in [0, 0.05) is 17.0 Å². The lowest BCUT2D eigenvalue weighted by Crippen LogP contribution is -2.30. The molecule has 0 spiro atoms. The molecule has 0 amide bonds. The van der Waals surface area contributed by atoms with E-state index in [1.807, 2.05) is 6.92 Å². The summed E-state index contributed by atoms with van der Waals surface area (Å²) in [6.45, 7) is 3.38. The molecular formula is C24H18F3N3O3S. The van der Waals surface area contributed by atoms with Crippen molar-refractivity contribution in [3.8, 4) is 34.3 Å². The fourth-order valence-electron chi connectivity index (χ4n) is 3.89. The van der Waals surface area contributed by atoms with Gasteiger partial charge in [-0.2, -0.15) is 26.9 Å². The number of rotatable bonds is 4. The molecule has 174 valence electrons. The number of methoxy groups -OCH3 is 1. The number of halogens is 3. The molecule has 0 radical (unpaired) electrons. The Kier molecular flexibility index (Phi) is 5.61. The van der Waals surface area contributed by atoms with Crippen LogP contribution in [0.15, 0.2) is 54.6 Å². The zero-order valence-electron chi connectivity index (χ0n) is 18.3. The number of pyridine rings is 1. The van der Waals surface area contributed by atoms with E-state index in [1.54, 1.807) is 37.3 Å². The molecule has 0 unspecified atom stereocenters. The maximum Gasteiger partial charge on any atom is 0.517 e. The maximum absolute atomic E-state index is 13.6. The Bertz CT molecular complexity index is 1580. The van der Waals surface area contributed by atoms with Crippen molar-refractivity contribution in [2.75, 3.05) is 7.11 Å². The SMILES string of the molecule is COc1ccc(-c2cc3cc(-c4ccc(C#N)cc4C)ccc3n2S(=O)(=O)C(F)(F)F)c(C)n1. The number of fused-ring (bicyclic) bond motifs is 1. The summed E-state index contributed by atoms with van der Waals surface area (Å²) in [5, 5.41) is 9.39. The molecule has 6 nitrogen and oxygen atoms in total. The van der Waals surface area contributed by atoms with Crippen LogP contribution in [0, 0.1) is 25.2 Å².